The third-order valence-corrected chi connectivity index (χ3v) is 4.01. The van der Waals surface area contributed by atoms with Crippen molar-refractivity contribution >= 4 is 5.91 Å². The summed E-state index contributed by atoms with van der Waals surface area (Å²) >= 11 is 0. The van der Waals surface area contributed by atoms with Crippen LogP contribution >= 0.6 is 0 Å². The first-order valence-corrected chi connectivity index (χ1v) is 7.85. The maximum atomic E-state index is 12.3. The second-order valence-corrected chi connectivity index (χ2v) is 5.80. The molecule has 0 saturated carbocycles. The second kappa shape index (κ2) is 7.18. The number of nitrogens with zero attached hydrogens (tertiary/aromatic N) is 5. The molecule has 1 aliphatic rings. The number of hydrogen-bond acceptors (Lipinski definition) is 5. The Morgan fingerprint density at radius 1 is 1.28 bits per heavy atom. The van der Waals surface area contributed by atoms with Crippen LogP contribution in [0.5, 0.6) is 0 Å². The van der Waals surface area contributed by atoms with Crippen molar-refractivity contribution in [2.24, 2.45) is 0 Å². The molecule has 0 spiro atoms. The van der Waals surface area contributed by atoms with Crippen LogP contribution in [0.3, 0.4) is 0 Å². The Bertz CT molecular complexity index is 718. The Labute approximate surface area is 141 Å². The predicted molar refractivity (Wildman–Crippen MR) is 81.7 cm³/mol. The van der Waals surface area contributed by atoms with Gasteiger partial charge >= 0.3 is 6.18 Å². The number of nitrogens with one attached hydrogen (secondary N) is 1. The van der Waals surface area contributed by atoms with Gasteiger partial charge in [0.1, 0.15) is 6.54 Å². The fourth-order valence-electron chi connectivity index (χ4n) is 2.87. The molecule has 134 valence electrons. The van der Waals surface area contributed by atoms with Gasteiger partial charge in [-0.15, -0.1) is 5.10 Å². The number of alkyl halides is 3. The number of aromatic nitrogens is 4. The van der Waals surface area contributed by atoms with Gasteiger partial charge < -0.3 is 5.32 Å². The summed E-state index contributed by atoms with van der Waals surface area (Å²) in [7, 11) is 0. The Morgan fingerprint density at radius 2 is 2.04 bits per heavy atom. The van der Waals surface area contributed by atoms with E-state index in [0.717, 1.165) is 12.1 Å². The SMILES string of the molecule is O=C(NCC(F)(F)F)C1CCCN1Cc1nnnn1-c1ccccc1. The molecule has 1 N–H and O–H groups in total. The van der Waals surface area contributed by atoms with E-state index in [1.54, 1.807) is 9.58 Å². The smallest absolute Gasteiger partial charge is 0.346 e. The number of amides is 1. The van der Waals surface area contributed by atoms with Crippen molar-refractivity contribution in [3.63, 3.8) is 0 Å². The van der Waals surface area contributed by atoms with Crippen LogP contribution in [0.4, 0.5) is 13.2 Å². The minimum atomic E-state index is -4.42. The molecular formula is C15H17F3N6O. The van der Waals surface area contributed by atoms with Crippen molar-refractivity contribution in [3.05, 3.63) is 36.2 Å². The highest BCUT2D eigenvalue weighted by Gasteiger charge is 2.34. The second-order valence-electron chi connectivity index (χ2n) is 5.80. The summed E-state index contributed by atoms with van der Waals surface area (Å²) in [6.45, 7) is -0.435. The van der Waals surface area contributed by atoms with Gasteiger partial charge in [0.25, 0.3) is 0 Å². The number of rotatable bonds is 5. The van der Waals surface area contributed by atoms with E-state index in [-0.39, 0.29) is 6.54 Å². The molecule has 1 saturated heterocycles. The lowest BCUT2D eigenvalue weighted by Crippen LogP contribution is -2.45. The van der Waals surface area contributed by atoms with Gasteiger partial charge in [-0.25, -0.2) is 0 Å². The number of hydrogen-bond donors (Lipinski definition) is 1. The summed E-state index contributed by atoms with van der Waals surface area (Å²) in [4.78, 5) is 13.9. The van der Waals surface area contributed by atoms with E-state index in [9.17, 15) is 18.0 Å². The van der Waals surface area contributed by atoms with Crippen molar-refractivity contribution in [1.29, 1.82) is 0 Å². The molecule has 0 bridgehead atoms. The Hall–Kier alpha value is -2.49. The molecule has 0 aliphatic carbocycles. The standard InChI is InChI=1S/C15H17F3N6O/c16-15(17,18)10-19-14(25)12-7-4-8-23(12)9-13-20-21-22-24(13)11-5-2-1-3-6-11/h1-3,5-6,12H,4,7-10H2,(H,19,25). The fraction of sp³-hybridized carbons (Fsp3) is 0.467. The molecule has 3 rings (SSSR count). The van der Waals surface area contributed by atoms with Crippen LogP contribution in [0.25, 0.3) is 5.69 Å². The number of carbonyl (C=O) groups is 1. The zero-order valence-corrected chi connectivity index (χ0v) is 13.3. The Morgan fingerprint density at radius 3 is 2.76 bits per heavy atom. The lowest BCUT2D eigenvalue weighted by molar-refractivity contribution is -0.141. The molecule has 0 radical (unpaired) electrons. The molecule has 1 aromatic heterocycles. The van der Waals surface area contributed by atoms with Crippen molar-refractivity contribution in [2.75, 3.05) is 13.1 Å². The number of tetrazole rings is 1. The number of benzene rings is 1. The molecule has 10 heteroatoms. The van der Waals surface area contributed by atoms with Crippen molar-refractivity contribution in [3.8, 4) is 5.69 Å². The van der Waals surface area contributed by atoms with Crippen molar-refractivity contribution in [1.82, 2.24) is 30.4 Å². The first kappa shape index (κ1) is 17.3. The summed E-state index contributed by atoms with van der Waals surface area (Å²) in [5, 5.41) is 13.6. The highest BCUT2D eigenvalue weighted by molar-refractivity contribution is 5.82. The van der Waals surface area contributed by atoms with E-state index in [0.29, 0.717) is 18.8 Å². The predicted octanol–water partition coefficient (Wildman–Crippen LogP) is 1.31. The highest BCUT2D eigenvalue weighted by Crippen LogP contribution is 2.21. The first-order chi connectivity index (χ1) is 11.9. The van der Waals surface area contributed by atoms with Gasteiger partial charge in [0, 0.05) is 0 Å². The van der Waals surface area contributed by atoms with E-state index >= 15 is 0 Å². The van der Waals surface area contributed by atoms with Gasteiger partial charge in [-0.2, -0.15) is 17.9 Å². The Kier molecular flexibility index (Phi) is 4.98. The van der Waals surface area contributed by atoms with E-state index in [4.69, 9.17) is 0 Å². The normalized spacial score (nSPS) is 18.4. The van der Waals surface area contributed by atoms with Crippen LogP contribution in [-0.2, 0) is 11.3 Å². The molecule has 2 heterocycles. The van der Waals surface area contributed by atoms with Crippen LogP contribution in [-0.4, -0.2) is 56.3 Å². The third kappa shape index (κ3) is 4.32. The minimum Gasteiger partial charge on any atom is -0.346 e. The van der Waals surface area contributed by atoms with Crippen LogP contribution in [0.15, 0.2) is 30.3 Å². The van der Waals surface area contributed by atoms with E-state index in [1.165, 1.54) is 0 Å². The quantitative estimate of drug-likeness (QED) is 0.876. The molecule has 1 fully saturated rings. The molecule has 1 amide bonds. The molecule has 1 aromatic carbocycles. The van der Waals surface area contributed by atoms with Crippen LogP contribution in [0.2, 0.25) is 0 Å². The summed E-state index contributed by atoms with van der Waals surface area (Å²) in [5.41, 5.74) is 0.778. The van der Waals surface area contributed by atoms with Crippen molar-refractivity contribution < 1.29 is 18.0 Å². The zero-order valence-electron chi connectivity index (χ0n) is 13.3. The average molecular weight is 354 g/mol. The highest BCUT2D eigenvalue weighted by atomic mass is 19.4. The molecular weight excluding hydrogens is 337 g/mol. The third-order valence-electron chi connectivity index (χ3n) is 4.01. The van der Waals surface area contributed by atoms with Crippen LogP contribution < -0.4 is 5.32 Å². The van der Waals surface area contributed by atoms with Gasteiger partial charge in [-0.3, -0.25) is 9.69 Å². The molecule has 1 unspecified atom stereocenters. The topological polar surface area (TPSA) is 75.9 Å². The summed E-state index contributed by atoms with van der Waals surface area (Å²) in [6, 6.07) is 8.65. The number of halogens is 3. The van der Waals surface area contributed by atoms with Gasteiger partial charge in [0.2, 0.25) is 5.91 Å². The number of likely N-dealkylation sites (tertiary alicyclic amines) is 1. The number of carbonyl (C=O) groups excluding carboxylic acids is 1. The first-order valence-electron chi connectivity index (χ1n) is 7.85. The number of para-hydroxylation sites is 1. The van der Waals surface area contributed by atoms with E-state index < -0.39 is 24.7 Å². The van der Waals surface area contributed by atoms with Gasteiger partial charge in [0.05, 0.1) is 18.3 Å². The molecule has 7 nitrogen and oxygen atoms in total. The fourth-order valence-corrected chi connectivity index (χ4v) is 2.87. The van der Waals surface area contributed by atoms with Gasteiger partial charge in [-0.05, 0) is 41.9 Å². The van der Waals surface area contributed by atoms with E-state index in [2.05, 4.69) is 15.5 Å². The molecule has 1 atom stereocenters. The summed E-state index contributed by atoms with van der Waals surface area (Å²) in [6.07, 6.45) is -3.18. The maximum Gasteiger partial charge on any atom is 0.405 e. The summed E-state index contributed by atoms with van der Waals surface area (Å²) < 4.78 is 38.4. The van der Waals surface area contributed by atoms with Crippen LogP contribution in [0, 0.1) is 0 Å². The Balaban J connectivity index is 1.69. The summed E-state index contributed by atoms with van der Waals surface area (Å²) in [5.74, 6) is -0.0877. The lowest BCUT2D eigenvalue weighted by Gasteiger charge is -2.23. The largest absolute Gasteiger partial charge is 0.405 e. The minimum absolute atomic E-state index is 0.284. The lowest BCUT2D eigenvalue weighted by atomic mass is 10.2. The van der Waals surface area contributed by atoms with Crippen molar-refractivity contribution in [2.45, 2.75) is 31.6 Å². The van der Waals surface area contributed by atoms with Crippen LogP contribution in [0.1, 0.15) is 18.7 Å². The zero-order chi connectivity index (χ0) is 17.9. The molecule has 25 heavy (non-hydrogen) atoms. The molecule has 1 aliphatic heterocycles. The maximum absolute atomic E-state index is 12.3. The average Bonchev–Trinajstić information content (AvgIpc) is 3.23. The van der Waals surface area contributed by atoms with Gasteiger partial charge in [0.15, 0.2) is 5.82 Å². The van der Waals surface area contributed by atoms with Gasteiger partial charge in [-0.1, -0.05) is 18.2 Å². The monoisotopic (exact) mass is 354 g/mol. The van der Waals surface area contributed by atoms with E-state index in [1.807, 2.05) is 35.6 Å². The molecule has 2 aromatic rings.